The summed E-state index contributed by atoms with van der Waals surface area (Å²) in [5.41, 5.74) is 7.01. The maximum absolute atomic E-state index is 6.92. The van der Waals surface area contributed by atoms with Crippen molar-refractivity contribution in [1.29, 1.82) is 0 Å². The van der Waals surface area contributed by atoms with Crippen molar-refractivity contribution >= 4 is 43.1 Å². The van der Waals surface area contributed by atoms with Gasteiger partial charge in [0.05, 0.1) is 16.4 Å². The van der Waals surface area contributed by atoms with Crippen LogP contribution in [0.15, 0.2) is 127 Å². The summed E-state index contributed by atoms with van der Waals surface area (Å²) >= 11 is 8.70. The second-order valence-corrected chi connectivity index (χ2v) is 10.7. The third kappa shape index (κ3) is 4.06. The highest BCUT2D eigenvalue weighted by Crippen LogP contribution is 2.42. The lowest BCUT2D eigenvalue weighted by molar-refractivity contribution is 1.18. The lowest BCUT2D eigenvalue weighted by Crippen LogP contribution is -1.97. The molecule has 0 aliphatic rings. The first-order chi connectivity index (χ1) is 18.7. The molecule has 0 radical (unpaired) electrons. The van der Waals surface area contributed by atoms with E-state index in [0.717, 1.165) is 49.6 Å². The van der Waals surface area contributed by atoms with Crippen molar-refractivity contribution in [3.63, 3.8) is 0 Å². The zero-order valence-electron chi connectivity index (χ0n) is 20.3. The fraction of sp³-hybridized carbons (Fsp3) is 0. The lowest BCUT2D eigenvalue weighted by atomic mass is 9.96. The zero-order chi connectivity index (χ0) is 25.5. The quantitative estimate of drug-likeness (QED) is 0.229. The minimum atomic E-state index is 0.703. The molecule has 5 aromatic carbocycles. The molecule has 38 heavy (non-hydrogen) atoms. The SMILES string of the molecule is Clc1cc(-c2ccccc2-c2cc(-c3ccccc3)nc(-c3ccccc3)n2)cc2sc3ccccc3c12. The minimum Gasteiger partial charge on any atom is -0.228 e. The molecule has 0 atom stereocenters. The molecular formula is C34H21ClN2S. The van der Waals surface area contributed by atoms with Gasteiger partial charge in [-0.25, -0.2) is 9.97 Å². The van der Waals surface area contributed by atoms with Gasteiger partial charge < -0.3 is 0 Å². The molecule has 0 amide bonds. The van der Waals surface area contributed by atoms with E-state index in [-0.39, 0.29) is 0 Å². The van der Waals surface area contributed by atoms with Crippen LogP contribution < -0.4 is 0 Å². The van der Waals surface area contributed by atoms with Gasteiger partial charge in [0, 0.05) is 36.9 Å². The van der Waals surface area contributed by atoms with Crippen LogP contribution in [0.25, 0.3) is 65.2 Å². The van der Waals surface area contributed by atoms with E-state index in [1.165, 1.54) is 14.8 Å². The van der Waals surface area contributed by atoms with Crippen molar-refractivity contribution in [2.75, 3.05) is 0 Å². The van der Waals surface area contributed by atoms with Gasteiger partial charge in [-0.2, -0.15) is 0 Å². The third-order valence-corrected chi connectivity index (χ3v) is 8.19. The number of fused-ring (bicyclic) bond motifs is 3. The molecule has 180 valence electrons. The highest BCUT2D eigenvalue weighted by molar-refractivity contribution is 7.26. The second-order valence-electron chi connectivity index (χ2n) is 9.17. The van der Waals surface area contributed by atoms with Gasteiger partial charge in [-0.05, 0) is 35.4 Å². The summed E-state index contributed by atoms with van der Waals surface area (Å²) in [5, 5.41) is 3.09. The van der Waals surface area contributed by atoms with Crippen LogP contribution in [0.3, 0.4) is 0 Å². The van der Waals surface area contributed by atoms with Gasteiger partial charge in [0.1, 0.15) is 0 Å². The Morgan fingerprint density at radius 3 is 1.92 bits per heavy atom. The molecule has 7 aromatic rings. The third-order valence-electron chi connectivity index (χ3n) is 6.77. The van der Waals surface area contributed by atoms with E-state index in [1.807, 2.05) is 36.4 Å². The van der Waals surface area contributed by atoms with E-state index in [2.05, 4.69) is 91.0 Å². The number of rotatable bonds is 4. The number of thiophene rings is 1. The molecule has 4 heteroatoms. The number of hydrogen-bond donors (Lipinski definition) is 0. The Balaban J connectivity index is 1.44. The molecular weight excluding hydrogens is 504 g/mol. The molecule has 2 heterocycles. The summed E-state index contributed by atoms with van der Waals surface area (Å²) in [5.74, 6) is 0.703. The van der Waals surface area contributed by atoms with Crippen molar-refractivity contribution in [3.8, 4) is 45.0 Å². The second kappa shape index (κ2) is 9.53. The molecule has 0 bridgehead atoms. The van der Waals surface area contributed by atoms with Crippen molar-refractivity contribution in [2.45, 2.75) is 0 Å². The highest BCUT2D eigenvalue weighted by Gasteiger charge is 2.16. The average Bonchev–Trinajstić information content (AvgIpc) is 3.37. The van der Waals surface area contributed by atoms with Crippen molar-refractivity contribution in [3.05, 3.63) is 132 Å². The van der Waals surface area contributed by atoms with Crippen LogP contribution in [0, 0.1) is 0 Å². The number of halogens is 1. The maximum Gasteiger partial charge on any atom is 0.160 e. The summed E-state index contributed by atoms with van der Waals surface area (Å²) in [6.07, 6.45) is 0. The van der Waals surface area contributed by atoms with Crippen LogP contribution in [0.4, 0.5) is 0 Å². The summed E-state index contributed by atoms with van der Waals surface area (Å²) in [4.78, 5) is 10.0. The Hall–Kier alpha value is -4.31. The normalized spacial score (nSPS) is 11.3. The van der Waals surface area contributed by atoms with Crippen molar-refractivity contribution < 1.29 is 0 Å². The Labute approximate surface area is 229 Å². The standard InChI is InChI=1S/C34H21ClN2S/c35-28-19-24(20-32-33(28)27-17-9-10-18-31(27)38-32)25-15-7-8-16-26(25)30-21-29(22-11-3-1-4-12-22)36-34(37-30)23-13-5-2-6-14-23/h1-21H. The molecule has 0 aliphatic heterocycles. The largest absolute Gasteiger partial charge is 0.228 e. The monoisotopic (exact) mass is 524 g/mol. The van der Waals surface area contributed by atoms with Gasteiger partial charge in [-0.15, -0.1) is 11.3 Å². The molecule has 0 fully saturated rings. The zero-order valence-corrected chi connectivity index (χ0v) is 21.9. The average molecular weight is 525 g/mol. The van der Waals surface area contributed by atoms with Gasteiger partial charge in [0.25, 0.3) is 0 Å². The van der Waals surface area contributed by atoms with Gasteiger partial charge >= 0.3 is 0 Å². The van der Waals surface area contributed by atoms with E-state index in [1.54, 1.807) is 11.3 Å². The van der Waals surface area contributed by atoms with Crippen LogP contribution in [0.1, 0.15) is 0 Å². The number of aromatic nitrogens is 2. The first-order valence-electron chi connectivity index (χ1n) is 12.4. The van der Waals surface area contributed by atoms with Crippen LogP contribution in [-0.4, -0.2) is 9.97 Å². The molecule has 2 nitrogen and oxygen atoms in total. The van der Waals surface area contributed by atoms with E-state index in [4.69, 9.17) is 21.6 Å². The molecule has 0 unspecified atom stereocenters. The van der Waals surface area contributed by atoms with E-state index >= 15 is 0 Å². The molecule has 0 saturated carbocycles. The van der Waals surface area contributed by atoms with Gasteiger partial charge in [-0.3, -0.25) is 0 Å². The van der Waals surface area contributed by atoms with E-state index < -0.39 is 0 Å². The van der Waals surface area contributed by atoms with Crippen LogP contribution in [0.2, 0.25) is 5.02 Å². The molecule has 0 N–H and O–H groups in total. The van der Waals surface area contributed by atoms with E-state index in [9.17, 15) is 0 Å². The number of benzene rings is 5. The lowest BCUT2D eigenvalue weighted by Gasteiger charge is -2.13. The Morgan fingerprint density at radius 1 is 0.500 bits per heavy atom. The van der Waals surface area contributed by atoms with E-state index in [0.29, 0.717) is 5.82 Å². The maximum atomic E-state index is 6.92. The molecule has 0 aliphatic carbocycles. The summed E-state index contributed by atoms with van der Waals surface area (Å²) in [6, 6.07) is 43.7. The summed E-state index contributed by atoms with van der Waals surface area (Å²) in [6.45, 7) is 0. The van der Waals surface area contributed by atoms with Crippen LogP contribution >= 0.6 is 22.9 Å². The fourth-order valence-electron chi connectivity index (χ4n) is 4.98. The summed E-state index contributed by atoms with van der Waals surface area (Å²) in [7, 11) is 0. The predicted octanol–water partition coefficient (Wildman–Crippen LogP) is 10.2. The van der Waals surface area contributed by atoms with Crippen molar-refractivity contribution in [1.82, 2.24) is 9.97 Å². The Morgan fingerprint density at radius 2 is 1.13 bits per heavy atom. The van der Waals surface area contributed by atoms with Gasteiger partial charge in [-0.1, -0.05) is 115 Å². The molecule has 2 aromatic heterocycles. The van der Waals surface area contributed by atoms with Crippen LogP contribution in [-0.2, 0) is 0 Å². The number of nitrogens with zero attached hydrogens (tertiary/aromatic N) is 2. The van der Waals surface area contributed by atoms with Gasteiger partial charge in [0.15, 0.2) is 5.82 Å². The predicted molar refractivity (Wildman–Crippen MR) is 162 cm³/mol. The first-order valence-corrected chi connectivity index (χ1v) is 13.6. The van der Waals surface area contributed by atoms with Gasteiger partial charge in [0.2, 0.25) is 0 Å². The highest BCUT2D eigenvalue weighted by atomic mass is 35.5. The first kappa shape index (κ1) is 22.9. The summed E-state index contributed by atoms with van der Waals surface area (Å²) < 4.78 is 2.42. The van der Waals surface area contributed by atoms with Crippen LogP contribution in [0.5, 0.6) is 0 Å². The fourth-order valence-corrected chi connectivity index (χ4v) is 6.52. The topological polar surface area (TPSA) is 25.8 Å². The minimum absolute atomic E-state index is 0.703. The number of hydrogen-bond acceptors (Lipinski definition) is 3. The Kier molecular flexibility index (Phi) is 5.73. The Bertz CT molecular complexity index is 1870. The molecule has 7 rings (SSSR count). The molecule has 0 spiro atoms. The molecule has 0 saturated heterocycles. The van der Waals surface area contributed by atoms with Crippen molar-refractivity contribution in [2.24, 2.45) is 0 Å². The smallest absolute Gasteiger partial charge is 0.160 e.